The van der Waals surface area contributed by atoms with E-state index < -0.39 is 0 Å². The smallest absolute Gasteiger partial charge is 0.256 e. The van der Waals surface area contributed by atoms with Crippen molar-refractivity contribution in [2.75, 3.05) is 5.32 Å². The number of amides is 1. The van der Waals surface area contributed by atoms with Gasteiger partial charge in [-0.25, -0.2) is 4.39 Å². The second kappa shape index (κ2) is 4.92. The fraction of sp³-hybridized carbons (Fsp3) is 0. The lowest BCUT2D eigenvalue weighted by atomic mass is 10.3. The van der Waals surface area contributed by atoms with Gasteiger partial charge in [-0.05, 0) is 52.9 Å². The Labute approximate surface area is 110 Å². The molecule has 0 saturated heterocycles. The lowest BCUT2D eigenvalue weighted by molar-refractivity contribution is 0.102. The molecule has 5 heteroatoms. The van der Waals surface area contributed by atoms with Crippen LogP contribution in [0.5, 0.6) is 0 Å². The van der Waals surface area contributed by atoms with Crippen molar-refractivity contribution >= 4 is 45.5 Å². The Bertz CT molecular complexity index is 509. The van der Waals surface area contributed by atoms with Gasteiger partial charge in [0.2, 0.25) is 0 Å². The predicted octanol–water partition coefficient (Wildman–Crippen LogP) is 3.74. The number of carbonyl (C=O) groups is 1. The molecule has 82 valence electrons. The van der Waals surface area contributed by atoms with Crippen LogP contribution in [0.2, 0.25) is 0 Å². The summed E-state index contributed by atoms with van der Waals surface area (Å²) in [5.74, 6) is -0.492. The lowest BCUT2D eigenvalue weighted by Crippen LogP contribution is -2.10. The van der Waals surface area contributed by atoms with Gasteiger partial charge in [-0.3, -0.25) is 4.79 Å². The first-order valence-corrected chi connectivity index (χ1v) is 6.42. The van der Waals surface area contributed by atoms with E-state index in [2.05, 4.69) is 27.9 Å². The van der Waals surface area contributed by atoms with E-state index in [-0.39, 0.29) is 11.7 Å². The van der Waals surface area contributed by atoms with Gasteiger partial charge in [0.15, 0.2) is 0 Å². The summed E-state index contributed by atoms with van der Waals surface area (Å²) >= 11 is 3.67. The third-order valence-electron chi connectivity index (χ3n) is 1.93. The highest BCUT2D eigenvalue weighted by Crippen LogP contribution is 2.18. The summed E-state index contributed by atoms with van der Waals surface area (Å²) in [4.78, 5) is 11.7. The average Bonchev–Trinajstić information content (AvgIpc) is 2.68. The number of hydrogen-bond donors (Lipinski definition) is 1. The molecule has 1 heterocycles. The van der Waals surface area contributed by atoms with Crippen LogP contribution in [0.15, 0.2) is 35.7 Å². The number of thiophene rings is 1. The van der Waals surface area contributed by atoms with Crippen molar-refractivity contribution in [1.29, 1.82) is 0 Å². The van der Waals surface area contributed by atoms with Gasteiger partial charge in [0, 0.05) is 11.1 Å². The van der Waals surface area contributed by atoms with E-state index in [9.17, 15) is 9.18 Å². The maximum absolute atomic E-state index is 12.6. The van der Waals surface area contributed by atoms with Crippen molar-refractivity contribution in [2.45, 2.75) is 0 Å². The number of halogens is 2. The van der Waals surface area contributed by atoms with Gasteiger partial charge in [-0.1, -0.05) is 0 Å². The van der Waals surface area contributed by atoms with Crippen LogP contribution in [0.1, 0.15) is 10.4 Å². The molecule has 0 atom stereocenters. The van der Waals surface area contributed by atoms with Crippen LogP contribution >= 0.6 is 33.9 Å². The molecule has 0 bridgehead atoms. The fourth-order valence-corrected chi connectivity index (χ4v) is 2.49. The van der Waals surface area contributed by atoms with Gasteiger partial charge in [-0.2, -0.15) is 0 Å². The van der Waals surface area contributed by atoms with Crippen LogP contribution in [-0.2, 0) is 0 Å². The molecule has 0 aliphatic heterocycles. The summed E-state index contributed by atoms with van der Waals surface area (Å²) in [5.41, 5.74) is 1.21. The Morgan fingerprint density at radius 2 is 2.00 bits per heavy atom. The van der Waals surface area contributed by atoms with Gasteiger partial charge in [0.25, 0.3) is 5.91 Å². The van der Waals surface area contributed by atoms with Crippen molar-refractivity contribution < 1.29 is 9.18 Å². The van der Waals surface area contributed by atoms with E-state index in [0.717, 1.165) is 2.88 Å². The van der Waals surface area contributed by atoms with Crippen molar-refractivity contribution in [3.63, 3.8) is 0 Å². The van der Waals surface area contributed by atoms with Gasteiger partial charge in [0.05, 0.1) is 8.45 Å². The molecular weight excluding hydrogens is 340 g/mol. The Kier molecular flexibility index (Phi) is 3.55. The van der Waals surface area contributed by atoms with E-state index in [4.69, 9.17) is 0 Å². The number of benzene rings is 1. The molecule has 0 saturated carbocycles. The summed E-state index contributed by atoms with van der Waals surface area (Å²) < 4.78 is 13.7. The van der Waals surface area contributed by atoms with Gasteiger partial charge in [0.1, 0.15) is 5.82 Å². The first-order chi connectivity index (χ1) is 7.65. The molecule has 2 nitrogen and oxygen atoms in total. The van der Waals surface area contributed by atoms with Crippen molar-refractivity contribution in [2.24, 2.45) is 0 Å². The molecule has 1 aromatic heterocycles. The highest BCUT2D eigenvalue weighted by Gasteiger charge is 2.07. The zero-order chi connectivity index (χ0) is 11.5. The average molecular weight is 347 g/mol. The maximum Gasteiger partial charge on any atom is 0.256 e. The van der Waals surface area contributed by atoms with E-state index in [1.54, 1.807) is 5.38 Å². The fourth-order valence-electron chi connectivity index (χ4n) is 1.17. The van der Waals surface area contributed by atoms with Crippen molar-refractivity contribution in [3.8, 4) is 0 Å². The first-order valence-electron chi connectivity index (χ1n) is 4.46. The highest BCUT2D eigenvalue weighted by atomic mass is 127. The predicted molar refractivity (Wildman–Crippen MR) is 71.4 cm³/mol. The number of rotatable bonds is 2. The monoisotopic (exact) mass is 347 g/mol. The Morgan fingerprint density at radius 1 is 1.31 bits per heavy atom. The van der Waals surface area contributed by atoms with Gasteiger partial charge in [-0.15, -0.1) is 11.3 Å². The van der Waals surface area contributed by atoms with Gasteiger partial charge < -0.3 is 5.32 Å². The summed E-state index contributed by atoms with van der Waals surface area (Å²) in [7, 11) is 0. The van der Waals surface area contributed by atoms with Crippen LogP contribution in [0.25, 0.3) is 0 Å². The van der Waals surface area contributed by atoms with Crippen LogP contribution in [0.3, 0.4) is 0 Å². The minimum absolute atomic E-state index is 0.175. The third kappa shape index (κ3) is 2.79. The number of carbonyl (C=O) groups excluding carboxylic acids is 1. The SMILES string of the molecule is O=C(Nc1ccc(F)cc1)c1csc(I)c1. The topological polar surface area (TPSA) is 29.1 Å². The van der Waals surface area contributed by atoms with Crippen LogP contribution in [0, 0.1) is 8.70 Å². The zero-order valence-corrected chi connectivity index (χ0v) is 11.0. The summed E-state index contributed by atoms with van der Waals surface area (Å²) in [6.45, 7) is 0. The van der Waals surface area contributed by atoms with Crippen LogP contribution < -0.4 is 5.32 Å². The van der Waals surface area contributed by atoms with Crippen LogP contribution in [-0.4, -0.2) is 5.91 Å². The van der Waals surface area contributed by atoms with E-state index in [1.807, 2.05) is 6.07 Å². The molecule has 0 unspecified atom stereocenters. The molecule has 1 amide bonds. The molecule has 2 aromatic rings. The summed E-state index contributed by atoms with van der Waals surface area (Å²) in [5, 5.41) is 4.49. The van der Waals surface area contributed by atoms with Gasteiger partial charge >= 0.3 is 0 Å². The number of anilines is 1. The molecule has 0 fully saturated rings. The van der Waals surface area contributed by atoms with Crippen molar-refractivity contribution in [3.05, 3.63) is 50.0 Å². The summed E-state index contributed by atoms with van der Waals surface area (Å²) in [6, 6.07) is 7.50. The second-order valence-electron chi connectivity index (χ2n) is 3.10. The lowest BCUT2D eigenvalue weighted by Gasteiger charge is -2.02. The minimum Gasteiger partial charge on any atom is -0.322 e. The second-order valence-corrected chi connectivity index (χ2v) is 5.91. The van der Waals surface area contributed by atoms with Crippen molar-refractivity contribution in [1.82, 2.24) is 0 Å². The molecule has 2 rings (SSSR count). The van der Waals surface area contributed by atoms with Crippen LogP contribution in [0.4, 0.5) is 10.1 Å². The Morgan fingerprint density at radius 3 is 2.56 bits per heavy atom. The molecular formula is C11H7FINOS. The van der Waals surface area contributed by atoms with E-state index >= 15 is 0 Å². The summed E-state index contributed by atoms with van der Waals surface area (Å²) in [6.07, 6.45) is 0. The van der Waals surface area contributed by atoms with E-state index in [1.165, 1.54) is 35.6 Å². The number of hydrogen-bond acceptors (Lipinski definition) is 2. The minimum atomic E-state index is -0.317. The van der Waals surface area contributed by atoms with E-state index in [0.29, 0.717) is 11.3 Å². The molecule has 16 heavy (non-hydrogen) atoms. The molecule has 0 radical (unpaired) electrons. The first kappa shape index (κ1) is 11.5. The quantitative estimate of drug-likeness (QED) is 0.824. The largest absolute Gasteiger partial charge is 0.322 e. The molecule has 0 spiro atoms. The standard InChI is InChI=1S/C11H7FINOS/c12-8-1-3-9(4-2-8)14-11(15)7-5-10(13)16-6-7/h1-6H,(H,14,15). The Balaban J connectivity index is 2.10. The maximum atomic E-state index is 12.6. The Hall–Kier alpha value is -0.950. The molecule has 0 aliphatic rings. The highest BCUT2D eigenvalue weighted by molar-refractivity contribution is 14.1. The zero-order valence-electron chi connectivity index (χ0n) is 8.04. The third-order valence-corrected chi connectivity index (χ3v) is 3.72. The molecule has 1 aromatic carbocycles. The number of nitrogens with one attached hydrogen (secondary N) is 1. The molecule has 0 aliphatic carbocycles. The normalized spacial score (nSPS) is 10.1. The molecule has 1 N–H and O–H groups in total.